The zero-order valence-corrected chi connectivity index (χ0v) is 14.4. The highest BCUT2D eigenvalue weighted by molar-refractivity contribution is 6.42. The van der Waals surface area contributed by atoms with Crippen LogP contribution in [-0.2, 0) is 18.3 Å². The number of aryl methyl sites for hydroxylation is 1. The van der Waals surface area contributed by atoms with E-state index in [9.17, 15) is 4.79 Å². The molecule has 3 aromatic rings. The van der Waals surface area contributed by atoms with E-state index in [0.717, 1.165) is 22.2 Å². The van der Waals surface area contributed by atoms with Crippen molar-refractivity contribution in [1.29, 1.82) is 0 Å². The number of amides is 1. The molecule has 0 fully saturated rings. The fourth-order valence-corrected chi connectivity index (χ4v) is 3.06. The Morgan fingerprint density at radius 2 is 1.87 bits per heavy atom. The number of para-hydroxylation sites is 1. The molecule has 0 spiro atoms. The SMILES string of the molecule is Cc1c(CC(=O)Nc2ccc(Cl)c(Cl)c2)c2ccccc2n1C. The van der Waals surface area contributed by atoms with Gasteiger partial charge in [0.25, 0.3) is 0 Å². The molecule has 0 bridgehead atoms. The third-order valence-electron chi connectivity index (χ3n) is 4.07. The van der Waals surface area contributed by atoms with Crippen LogP contribution in [0.15, 0.2) is 42.5 Å². The average molecular weight is 347 g/mol. The largest absolute Gasteiger partial charge is 0.348 e. The molecule has 1 aromatic heterocycles. The molecule has 0 aliphatic heterocycles. The normalized spacial score (nSPS) is 11.0. The van der Waals surface area contributed by atoms with E-state index in [1.807, 2.05) is 32.2 Å². The van der Waals surface area contributed by atoms with Gasteiger partial charge in [0.2, 0.25) is 5.91 Å². The van der Waals surface area contributed by atoms with E-state index in [-0.39, 0.29) is 5.91 Å². The molecule has 0 unspecified atom stereocenters. The maximum atomic E-state index is 12.4. The molecule has 0 radical (unpaired) electrons. The Kier molecular flexibility index (Phi) is 4.33. The predicted molar refractivity (Wildman–Crippen MR) is 96.5 cm³/mol. The summed E-state index contributed by atoms with van der Waals surface area (Å²) < 4.78 is 2.11. The van der Waals surface area contributed by atoms with E-state index in [1.54, 1.807) is 18.2 Å². The highest BCUT2D eigenvalue weighted by Gasteiger charge is 2.15. The van der Waals surface area contributed by atoms with Crippen LogP contribution < -0.4 is 5.32 Å². The van der Waals surface area contributed by atoms with Crippen LogP contribution >= 0.6 is 23.2 Å². The molecule has 0 atom stereocenters. The molecule has 2 aromatic carbocycles. The molecular formula is C18H16Cl2N2O. The summed E-state index contributed by atoms with van der Waals surface area (Å²) in [6.07, 6.45) is 0.313. The molecule has 5 heteroatoms. The van der Waals surface area contributed by atoms with Crippen LogP contribution in [0.1, 0.15) is 11.3 Å². The standard InChI is InChI=1S/C18H16Cl2N2O/c1-11-14(13-5-3-4-6-17(13)22(11)2)10-18(23)21-12-7-8-15(19)16(20)9-12/h3-9H,10H2,1-2H3,(H,21,23). The van der Waals surface area contributed by atoms with Gasteiger partial charge < -0.3 is 9.88 Å². The number of hydrogen-bond donors (Lipinski definition) is 1. The van der Waals surface area contributed by atoms with Crippen molar-refractivity contribution < 1.29 is 4.79 Å². The maximum absolute atomic E-state index is 12.4. The molecule has 1 N–H and O–H groups in total. The summed E-state index contributed by atoms with van der Waals surface area (Å²) in [5, 5.41) is 4.87. The first-order valence-corrected chi connectivity index (χ1v) is 8.00. The van der Waals surface area contributed by atoms with Crippen molar-refractivity contribution in [2.24, 2.45) is 7.05 Å². The summed E-state index contributed by atoms with van der Waals surface area (Å²) >= 11 is 11.9. The second-order valence-corrected chi connectivity index (χ2v) is 6.31. The van der Waals surface area contributed by atoms with E-state index in [1.165, 1.54) is 0 Å². The van der Waals surface area contributed by atoms with Crippen molar-refractivity contribution in [2.45, 2.75) is 13.3 Å². The van der Waals surface area contributed by atoms with Gasteiger partial charge in [0.15, 0.2) is 0 Å². The molecule has 0 aliphatic rings. The van der Waals surface area contributed by atoms with Gasteiger partial charge in [-0.25, -0.2) is 0 Å². The second-order valence-electron chi connectivity index (χ2n) is 5.49. The third kappa shape index (κ3) is 3.07. The molecule has 1 heterocycles. The second kappa shape index (κ2) is 6.26. The number of aromatic nitrogens is 1. The maximum Gasteiger partial charge on any atom is 0.228 e. The number of fused-ring (bicyclic) bond motifs is 1. The van der Waals surface area contributed by atoms with Crippen LogP contribution in [0.25, 0.3) is 10.9 Å². The van der Waals surface area contributed by atoms with E-state index in [4.69, 9.17) is 23.2 Å². The van der Waals surface area contributed by atoms with Crippen molar-refractivity contribution in [3.05, 3.63) is 63.8 Å². The molecule has 0 saturated heterocycles. The summed E-state index contributed by atoms with van der Waals surface area (Å²) in [6.45, 7) is 2.03. The lowest BCUT2D eigenvalue weighted by Gasteiger charge is -2.07. The Balaban J connectivity index is 1.86. The number of rotatable bonds is 3. The number of halogens is 2. The van der Waals surface area contributed by atoms with Gasteiger partial charge in [-0.2, -0.15) is 0 Å². The van der Waals surface area contributed by atoms with Gasteiger partial charge in [-0.05, 0) is 36.8 Å². The van der Waals surface area contributed by atoms with Gasteiger partial charge in [0.1, 0.15) is 0 Å². The fourth-order valence-electron chi connectivity index (χ4n) is 2.76. The molecule has 3 nitrogen and oxygen atoms in total. The lowest BCUT2D eigenvalue weighted by atomic mass is 10.1. The van der Waals surface area contributed by atoms with Crippen molar-refractivity contribution in [3.63, 3.8) is 0 Å². The summed E-state index contributed by atoms with van der Waals surface area (Å²) in [5.41, 5.74) is 3.90. The van der Waals surface area contributed by atoms with E-state index >= 15 is 0 Å². The highest BCUT2D eigenvalue weighted by Crippen LogP contribution is 2.27. The minimum Gasteiger partial charge on any atom is -0.348 e. The highest BCUT2D eigenvalue weighted by atomic mass is 35.5. The number of benzene rings is 2. The lowest BCUT2D eigenvalue weighted by Crippen LogP contribution is -2.15. The van der Waals surface area contributed by atoms with Gasteiger partial charge in [-0.15, -0.1) is 0 Å². The van der Waals surface area contributed by atoms with Gasteiger partial charge in [0, 0.05) is 29.3 Å². The first-order chi connectivity index (χ1) is 11.0. The number of nitrogens with one attached hydrogen (secondary N) is 1. The zero-order valence-electron chi connectivity index (χ0n) is 12.9. The Labute approximate surface area is 144 Å². The Morgan fingerprint density at radius 3 is 2.61 bits per heavy atom. The average Bonchev–Trinajstić information content (AvgIpc) is 2.76. The third-order valence-corrected chi connectivity index (χ3v) is 4.81. The predicted octanol–water partition coefficient (Wildman–Crippen LogP) is 4.97. The van der Waals surface area contributed by atoms with Gasteiger partial charge in [-0.1, -0.05) is 41.4 Å². The van der Waals surface area contributed by atoms with Crippen LogP contribution in [0.3, 0.4) is 0 Å². The first-order valence-electron chi connectivity index (χ1n) is 7.25. The van der Waals surface area contributed by atoms with Gasteiger partial charge in [-0.3, -0.25) is 4.79 Å². The first kappa shape index (κ1) is 15.9. The number of carbonyl (C=O) groups is 1. The van der Waals surface area contributed by atoms with Crippen molar-refractivity contribution in [3.8, 4) is 0 Å². The summed E-state index contributed by atoms with van der Waals surface area (Å²) in [5.74, 6) is -0.0807. The number of hydrogen-bond acceptors (Lipinski definition) is 1. The van der Waals surface area contributed by atoms with Crippen molar-refractivity contribution >= 4 is 45.7 Å². The number of nitrogens with zero attached hydrogens (tertiary/aromatic N) is 1. The number of carbonyl (C=O) groups excluding carboxylic acids is 1. The van der Waals surface area contributed by atoms with Crippen LogP contribution in [0, 0.1) is 6.92 Å². The lowest BCUT2D eigenvalue weighted by molar-refractivity contribution is -0.115. The van der Waals surface area contributed by atoms with Crippen LogP contribution in [-0.4, -0.2) is 10.5 Å². The Hall–Kier alpha value is -1.97. The smallest absolute Gasteiger partial charge is 0.228 e. The molecule has 0 aliphatic carbocycles. The van der Waals surface area contributed by atoms with Crippen LogP contribution in [0.4, 0.5) is 5.69 Å². The topological polar surface area (TPSA) is 34.0 Å². The molecular weight excluding hydrogens is 331 g/mol. The van der Waals surface area contributed by atoms with E-state index < -0.39 is 0 Å². The minimum atomic E-state index is -0.0807. The molecule has 118 valence electrons. The van der Waals surface area contributed by atoms with Crippen molar-refractivity contribution in [1.82, 2.24) is 4.57 Å². The van der Waals surface area contributed by atoms with E-state index in [0.29, 0.717) is 22.2 Å². The van der Waals surface area contributed by atoms with Gasteiger partial charge in [0.05, 0.1) is 16.5 Å². The van der Waals surface area contributed by atoms with Gasteiger partial charge >= 0.3 is 0 Å². The Morgan fingerprint density at radius 1 is 1.13 bits per heavy atom. The molecule has 3 rings (SSSR count). The molecule has 1 amide bonds. The molecule has 23 heavy (non-hydrogen) atoms. The molecule has 0 saturated carbocycles. The monoisotopic (exact) mass is 346 g/mol. The number of anilines is 1. The summed E-state index contributed by atoms with van der Waals surface area (Å²) in [7, 11) is 2.01. The van der Waals surface area contributed by atoms with Crippen LogP contribution in [0.2, 0.25) is 10.0 Å². The zero-order chi connectivity index (χ0) is 16.6. The fraction of sp³-hybridized carbons (Fsp3) is 0.167. The Bertz CT molecular complexity index is 899. The van der Waals surface area contributed by atoms with E-state index in [2.05, 4.69) is 16.0 Å². The van der Waals surface area contributed by atoms with Crippen LogP contribution in [0.5, 0.6) is 0 Å². The summed E-state index contributed by atoms with van der Waals surface area (Å²) in [4.78, 5) is 12.4. The van der Waals surface area contributed by atoms with Crippen molar-refractivity contribution in [2.75, 3.05) is 5.32 Å². The quantitative estimate of drug-likeness (QED) is 0.713. The summed E-state index contributed by atoms with van der Waals surface area (Å²) in [6, 6.07) is 13.2. The minimum absolute atomic E-state index is 0.0807.